The van der Waals surface area contributed by atoms with Gasteiger partial charge >= 0.3 is 0 Å². The molecule has 0 spiro atoms. The summed E-state index contributed by atoms with van der Waals surface area (Å²) in [5, 5.41) is 3.02. The normalized spacial score (nSPS) is 15.2. The first kappa shape index (κ1) is 21.1. The van der Waals surface area contributed by atoms with Crippen molar-refractivity contribution in [2.45, 2.75) is 39.3 Å². The van der Waals surface area contributed by atoms with Gasteiger partial charge < -0.3 is 5.32 Å². The third kappa shape index (κ3) is 4.22. The van der Waals surface area contributed by atoms with Crippen LogP contribution in [0.2, 0.25) is 0 Å². The van der Waals surface area contributed by atoms with Crippen LogP contribution in [-0.2, 0) is 4.79 Å². The van der Waals surface area contributed by atoms with E-state index in [4.69, 9.17) is 0 Å². The van der Waals surface area contributed by atoms with Crippen molar-refractivity contribution in [2.75, 3.05) is 12.0 Å². The van der Waals surface area contributed by atoms with Crippen molar-refractivity contribution < 1.29 is 14.4 Å². The summed E-state index contributed by atoms with van der Waals surface area (Å²) >= 11 is 1.58. The van der Waals surface area contributed by atoms with Crippen LogP contribution < -0.4 is 5.32 Å². The molecule has 3 rings (SSSR count). The summed E-state index contributed by atoms with van der Waals surface area (Å²) < 4.78 is 0. The molecule has 2 aromatic carbocycles. The maximum Gasteiger partial charge on any atom is 0.262 e. The second-order valence-corrected chi connectivity index (χ2v) is 8.40. The summed E-state index contributed by atoms with van der Waals surface area (Å²) in [5.41, 5.74) is 3.96. The van der Waals surface area contributed by atoms with Gasteiger partial charge in [0.15, 0.2) is 0 Å². The molecule has 0 radical (unpaired) electrons. The van der Waals surface area contributed by atoms with E-state index in [1.54, 1.807) is 36.0 Å². The largest absolute Gasteiger partial charge is 0.348 e. The molecular weight excluding hydrogens is 384 g/mol. The molecule has 3 amide bonds. The number of imide groups is 1. The molecule has 0 fully saturated rings. The number of carbonyl (C=O) groups excluding carboxylic acids is 3. The first-order chi connectivity index (χ1) is 13.8. The van der Waals surface area contributed by atoms with Gasteiger partial charge in [0.25, 0.3) is 11.8 Å². The van der Waals surface area contributed by atoms with Crippen LogP contribution in [0.3, 0.4) is 0 Å². The molecule has 1 aliphatic rings. The average Bonchev–Trinajstić information content (AvgIpc) is 2.95. The highest BCUT2D eigenvalue weighted by Gasteiger charge is 2.42. The molecule has 2 aromatic rings. The molecule has 5 nitrogen and oxygen atoms in total. The highest BCUT2D eigenvalue weighted by Crippen LogP contribution is 2.27. The summed E-state index contributed by atoms with van der Waals surface area (Å²) in [7, 11) is 0. The number of fused-ring (bicyclic) bond motifs is 1. The SMILES string of the molecule is CSCCC(C(=O)NC(C)c1cc(C)ccc1C)N1C(=O)c2ccccc2C1=O. The summed E-state index contributed by atoms with van der Waals surface area (Å²) in [6, 6.07) is 11.8. The maximum atomic E-state index is 13.2. The maximum absolute atomic E-state index is 13.2. The second kappa shape index (κ2) is 8.82. The number of hydrogen-bond acceptors (Lipinski definition) is 4. The zero-order chi connectivity index (χ0) is 21.1. The molecule has 0 saturated carbocycles. The van der Waals surface area contributed by atoms with Gasteiger partial charge in [0, 0.05) is 0 Å². The molecule has 0 saturated heterocycles. The molecule has 29 heavy (non-hydrogen) atoms. The van der Waals surface area contributed by atoms with E-state index in [1.807, 2.05) is 39.2 Å². The zero-order valence-corrected chi connectivity index (χ0v) is 18.0. The van der Waals surface area contributed by atoms with Gasteiger partial charge in [-0.2, -0.15) is 11.8 Å². The number of carbonyl (C=O) groups is 3. The smallest absolute Gasteiger partial charge is 0.262 e. The van der Waals surface area contributed by atoms with Crippen molar-refractivity contribution in [3.8, 4) is 0 Å². The molecule has 2 atom stereocenters. The van der Waals surface area contributed by atoms with Crippen LogP contribution in [0.15, 0.2) is 42.5 Å². The average molecular weight is 411 g/mol. The van der Waals surface area contributed by atoms with E-state index < -0.39 is 17.9 Å². The van der Waals surface area contributed by atoms with Gasteiger partial charge in [-0.1, -0.05) is 35.9 Å². The van der Waals surface area contributed by atoms with Crippen molar-refractivity contribution in [1.82, 2.24) is 10.2 Å². The molecular formula is C23H26N2O3S. The first-order valence-electron chi connectivity index (χ1n) is 9.68. The molecule has 1 aliphatic heterocycles. The van der Waals surface area contributed by atoms with E-state index in [9.17, 15) is 14.4 Å². The van der Waals surface area contributed by atoms with Gasteiger partial charge in [-0.25, -0.2) is 0 Å². The van der Waals surface area contributed by atoms with Crippen molar-refractivity contribution in [1.29, 1.82) is 0 Å². The molecule has 0 aliphatic carbocycles. The number of hydrogen-bond donors (Lipinski definition) is 1. The van der Waals surface area contributed by atoms with E-state index in [0.717, 1.165) is 21.6 Å². The van der Waals surface area contributed by atoms with E-state index in [2.05, 4.69) is 11.4 Å². The predicted octanol–water partition coefficient (Wildman–Crippen LogP) is 3.90. The van der Waals surface area contributed by atoms with E-state index in [1.165, 1.54) is 0 Å². The highest BCUT2D eigenvalue weighted by atomic mass is 32.2. The van der Waals surface area contributed by atoms with Crippen molar-refractivity contribution >= 4 is 29.5 Å². The molecule has 2 unspecified atom stereocenters. The van der Waals surface area contributed by atoms with Crippen LogP contribution >= 0.6 is 11.8 Å². The van der Waals surface area contributed by atoms with Gasteiger partial charge in [-0.15, -0.1) is 0 Å². The lowest BCUT2D eigenvalue weighted by Crippen LogP contribution is -2.50. The fourth-order valence-corrected chi connectivity index (χ4v) is 4.17. The number of nitrogens with one attached hydrogen (secondary N) is 1. The molecule has 152 valence electrons. The fourth-order valence-electron chi connectivity index (χ4n) is 3.71. The van der Waals surface area contributed by atoms with Crippen LogP contribution in [0.25, 0.3) is 0 Å². The first-order valence-corrected chi connectivity index (χ1v) is 11.1. The monoisotopic (exact) mass is 410 g/mol. The fraction of sp³-hybridized carbons (Fsp3) is 0.348. The Labute approximate surface area is 175 Å². The minimum atomic E-state index is -0.831. The summed E-state index contributed by atoms with van der Waals surface area (Å²) in [5.74, 6) is -0.428. The van der Waals surface area contributed by atoms with Gasteiger partial charge in [0.1, 0.15) is 6.04 Å². The van der Waals surface area contributed by atoms with E-state index >= 15 is 0 Å². The minimum Gasteiger partial charge on any atom is -0.348 e. The van der Waals surface area contributed by atoms with Crippen LogP contribution in [-0.4, -0.2) is 40.7 Å². The number of benzene rings is 2. The summed E-state index contributed by atoms with van der Waals surface area (Å²) in [6.07, 6.45) is 2.36. The number of thioether (sulfide) groups is 1. The predicted molar refractivity (Wildman–Crippen MR) is 116 cm³/mol. The molecule has 6 heteroatoms. The number of amides is 3. The van der Waals surface area contributed by atoms with Gasteiger partial charge in [0.2, 0.25) is 5.91 Å². The molecule has 1 heterocycles. The summed E-state index contributed by atoms with van der Waals surface area (Å²) in [4.78, 5) is 40.1. The van der Waals surface area contributed by atoms with Gasteiger partial charge in [-0.05, 0) is 62.5 Å². The van der Waals surface area contributed by atoms with Crippen LogP contribution in [0.4, 0.5) is 0 Å². The van der Waals surface area contributed by atoms with Crippen LogP contribution in [0.5, 0.6) is 0 Å². The van der Waals surface area contributed by atoms with Crippen molar-refractivity contribution in [3.05, 3.63) is 70.3 Å². The molecule has 0 bridgehead atoms. The lowest BCUT2D eigenvalue weighted by atomic mass is 9.99. The Hall–Kier alpha value is -2.60. The van der Waals surface area contributed by atoms with Gasteiger partial charge in [0.05, 0.1) is 17.2 Å². The number of aryl methyl sites for hydroxylation is 2. The number of nitrogens with zero attached hydrogens (tertiary/aromatic N) is 1. The Balaban J connectivity index is 1.85. The lowest BCUT2D eigenvalue weighted by molar-refractivity contribution is -0.125. The Morgan fingerprint density at radius 1 is 1.07 bits per heavy atom. The Morgan fingerprint density at radius 3 is 2.28 bits per heavy atom. The van der Waals surface area contributed by atoms with Crippen molar-refractivity contribution in [3.63, 3.8) is 0 Å². The Morgan fingerprint density at radius 2 is 1.69 bits per heavy atom. The molecule has 0 aromatic heterocycles. The minimum absolute atomic E-state index is 0.227. The van der Waals surface area contributed by atoms with E-state index in [-0.39, 0.29) is 11.9 Å². The lowest BCUT2D eigenvalue weighted by Gasteiger charge is -2.27. The zero-order valence-electron chi connectivity index (χ0n) is 17.2. The standard InChI is InChI=1S/C23H26N2O3S/c1-14-9-10-15(2)19(13-14)16(3)24-21(26)20(11-12-29-4)25-22(27)17-7-5-6-8-18(17)23(25)28/h5-10,13,16,20H,11-12H2,1-4H3,(H,24,26). The third-order valence-corrected chi connectivity index (χ3v) is 5.94. The van der Waals surface area contributed by atoms with Gasteiger partial charge in [-0.3, -0.25) is 19.3 Å². The Kier molecular flexibility index (Phi) is 6.42. The second-order valence-electron chi connectivity index (χ2n) is 7.41. The quantitative estimate of drug-likeness (QED) is 0.703. The topological polar surface area (TPSA) is 66.5 Å². The molecule has 1 N–H and O–H groups in total. The summed E-state index contributed by atoms with van der Waals surface area (Å²) in [6.45, 7) is 5.94. The van der Waals surface area contributed by atoms with Crippen LogP contribution in [0, 0.1) is 13.8 Å². The Bertz CT molecular complexity index is 922. The van der Waals surface area contributed by atoms with E-state index in [0.29, 0.717) is 23.3 Å². The van der Waals surface area contributed by atoms with Crippen molar-refractivity contribution in [2.24, 2.45) is 0 Å². The van der Waals surface area contributed by atoms with Crippen LogP contribution in [0.1, 0.15) is 56.8 Å². The number of rotatable bonds is 7. The highest BCUT2D eigenvalue weighted by molar-refractivity contribution is 7.98. The third-order valence-electron chi connectivity index (χ3n) is 5.30.